The van der Waals surface area contributed by atoms with E-state index in [1.807, 2.05) is 18.2 Å². The first-order valence-electron chi connectivity index (χ1n) is 5.91. The summed E-state index contributed by atoms with van der Waals surface area (Å²) in [5, 5.41) is 3.31. The second-order valence-corrected chi connectivity index (χ2v) is 5.17. The lowest BCUT2D eigenvalue weighted by molar-refractivity contribution is 0.357. The van der Waals surface area contributed by atoms with Crippen molar-refractivity contribution in [1.82, 2.24) is 4.98 Å². The normalized spacial score (nSPS) is 12.9. The molecule has 0 unspecified atom stereocenters. The maximum absolute atomic E-state index is 5.49. The third-order valence-corrected chi connectivity index (χ3v) is 3.42. The molecule has 0 saturated carbocycles. The molecule has 1 N–H and O–H groups in total. The molecule has 0 bridgehead atoms. The third-order valence-electron chi connectivity index (χ3n) is 2.95. The Bertz CT molecular complexity index is 554. The molecule has 0 saturated heterocycles. The Kier molecular flexibility index (Phi) is 3.19. The lowest BCUT2D eigenvalue weighted by Gasteiger charge is -2.07. The van der Waals surface area contributed by atoms with Gasteiger partial charge in [-0.3, -0.25) is 0 Å². The van der Waals surface area contributed by atoms with E-state index in [1.165, 1.54) is 11.1 Å². The number of benzene rings is 1. The van der Waals surface area contributed by atoms with E-state index >= 15 is 0 Å². The predicted molar refractivity (Wildman–Crippen MR) is 74.9 cm³/mol. The van der Waals surface area contributed by atoms with Crippen molar-refractivity contribution in [3.05, 3.63) is 52.1 Å². The molecule has 4 heteroatoms. The quantitative estimate of drug-likeness (QED) is 0.944. The lowest BCUT2D eigenvalue weighted by atomic mass is 10.1. The molecule has 1 aromatic carbocycles. The minimum Gasteiger partial charge on any atom is -0.493 e. The number of hydrogen-bond acceptors (Lipinski definition) is 3. The highest BCUT2D eigenvalue weighted by atomic mass is 79.9. The highest BCUT2D eigenvalue weighted by molar-refractivity contribution is 9.10. The molecule has 0 fully saturated rings. The molecular weight excluding hydrogens is 292 g/mol. The Hall–Kier alpha value is -1.55. The van der Waals surface area contributed by atoms with Crippen molar-refractivity contribution in [2.75, 3.05) is 11.9 Å². The zero-order chi connectivity index (χ0) is 12.4. The molecule has 3 rings (SSSR count). The lowest BCUT2D eigenvalue weighted by Crippen LogP contribution is -2.01. The number of nitrogens with zero attached hydrogens (tertiary/aromatic N) is 1. The Balaban J connectivity index is 1.68. The van der Waals surface area contributed by atoms with Gasteiger partial charge in [0.1, 0.15) is 11.6 Å². The van der Waals surface area contributed by atoms with Crippen LogP contribution < -0.4 is 10.1 Å². The first-order chi connectivity index (χ1) is 8.81. The van der Waals surface area contributed by atoms with Gasteiger partial charge in [0.15, 0.2) is 0 Å². The second kappa shape index (κ2) is 4.98. The van der Waals surface area contributed by atoms with Crippen molar-refractivity contribution in [2.24, 2.45) is 0 Å². The zero-order valence-corrected chi connectivity index (χ0v) is 11.4. The molecule has 0 radical (unpaired) electrons. The molecule has 3 nitrogen and oxygen atoms in total. The Morgan fingerprint density at radius 2 is 2.22 bits per heavy atom. The van der Waals surface area contributed by atoms with Crippen molar-refractivity contribution < 1.29 is 4.74 Å². The standard InChI is InChI=1S/C14H13BrN2O/c15-12-2-4-14(17-9-12)16-8-10-1-3-13-11(7-10)5-6-18-13/h1-4,7,9H,5-6,8H2,(H,16,17). The fourth-order valence-corrected chi connectivity index (χ4v) is 2.26. The smallest absolute Gasteiger partial charge is 0.126 e. The van der Waals surface area contributed by atoms with Crippen LogP contribution in [0, 0.1) is 0 Å². The van der Waals surface area contributed by atoms with Crippen LogP contribution in [0.2, 0.25) is 0 Å². The molecule has 1 aromatic heterocycles. The van der Waals surface area contributed by atoms with Gasteiger partial charge in [0.05, 0.1) is 6.61 Å². The molecular formula is C14H13BrN2O. The number of halogens is 1. The Morgan fingerprint density at radius 3 is 3.06 bits per heavy atom. The maximum Gasteiger partial charge on any atom is 0.126 e. The number of rotatable bonds is 3. The minimum absolute atomic E-state index is 0.780. The van der Waals surface area contributed by atoms with E-state index < -0.39 is 0 Å². The molecule has 18 heavy (non-hydrogen) atoms. The Morgan fingerprint density at radius 1 is 1.28 bits per heavy atom. The molecule has 1 aliphatic rings. The number of nitrogens with one attached hydrogen (secondary N) is 1. The number of anilines is 1. The summed E-state index contributed by atoms with van der Waals surface area (Å²) in [6, 6.07) is 10.3. The van der Waals surface area contributed by atoms with E-state index in [0.29, 0.717) is 0 Å². The van der Waals surface area contributed by atoms with Crippen LogP contribution in [-0.2, 0) is 13.0 Å². The van der Waals surface area contributed by atoms with Crippen LogP contribution in [0.15, 0.2) is 41.0 Å². The van der Waals surface area contributed by atoms with Crippen LogP contribution in [0.3, 0.4) is 0 Å². The van der Waals surface area contributed by atoms with Crippen LogP contribution in [-0.4, -0.2) is 11.6 Å². The second-order valence-electron chi connectivity index (χ2n) is 4.26. The van der Waals surface area contributed by atoms with Crippen LogP contribution in [0.25, 0.3) is 0 Å². The summed E-state index contributed by atoms with van der Waals surface area (Å²) in [5.41, 5.74) is 2.56. The molecule has 0 amide bonds. The number of hydrogen-bond donors (Lipinski definition) is 1. The van der Waals surface area contributed by atoms with E-state index in [1.54, 1.807) is 6.20 Å². The first kappa shape index (κ1) is 11.5. The summed E-state index contributed by atoms with van der Waals surface area (Å²) in [6.07, 6.45) is 2.80. The third kappa shape index (κ3) is 2.48. The largest absolute Gasteiger partial charge is 0.493 e. The fourth-order valence-electron chi connectivity index (χ4n) is 2.02. The zero-order valence-electron chi connectivity index (χ0n) is 9.82. The van der Waals surface area contributed by atoms with Gasteiger partial charge in [-0.25, -0.2) is 4.98 Å². The van der Waals surface area contributed by atoms with E-state index in [-0.39, 0.29) is 0 Å². The first-order valence-corrected chi connectivity index (χ1v) is 6.70. The summed E-state index contributed by atoms with van der Waals surface area (Å²) in [5.74, 6) is 1.91. The van der Waals surface area contributed by atoms with Gasteiger partial charge in [-0.2, -0.15) is 0 Å². The van der Waals surface area contributed by atoms with Crippen molar-refractivity contribution in [3.63, 3.8) is 0 Å². The van der Waals surface area contributed by atoms with Crippen LogP contribution >= 0.6 is 15.9 Å². The van der Waals surface area contributed by atoms with Crippen molar-refractivity contribution >= 4 is 21.7 Å². The van der Waals surface area contributed by atoms with Gasteiger partial charge >= 0.3 is 0 Å². The molecule has 92 valence electrons. The van der Waals surface area contributed by atoms with Gasteiger partial charge in [0.2, 0.25) is 0 Å². The molecule has 0 aliphatic carbocycles. The number of fused-ring (bicyclic) bond motifs is 1. The molecule has 1 aliphatic heterocycles. The van der Waals surface area contributed by atoms with Crippen molar-refractivity contribution in [3.8, 4) is 5.75 Å². The summed E-state index contributed by atoms with van der Waals surface area (Å²) < 4.78 is 6.48. The maximum atomic E-state index is 5.49. The van der Waals surface area contributed by atoms with Crippen molar-refractivity contribution in [2.45, 2.75) is 13.0 Å². The predicted octanol–water partition coefficient (Wildman–Crippen LogP) is 3.39. The summed E-state index contributed by atoms with van der Waals surface area (Å²) in [6.45, 7) is 1.59. The average molecular weight is 305 g/mol. The van der Waals surface area contributed by atoms with Crippen molar-refractivity contribution in [1.29, 1.82) is 0 Å². The summed E-state index contributed by atoms with van der Waals surface area (Å²) >= 11 is 3.37. The molecule has 0 atom stereocenters. The topological polar surface area (TPSA) is 34.1 Å². The minimum atomic E-state index is 0.780. The van der Waals surface area contributed by atoms with Gasteiger partial charge in [0, 0.05) is 23.6 Å². The van der Waals surface area contributed by atoms with E-state index in [4.69, 9.17) is 4.74 Å². The van der Waals surface area contributed by atoms with Gasteiger partial charge in [0.25, 0.3) is 0 Å². The number of pyridine rings is 1. The van der Waals surface area contributed by atoms with Gasteiger partial charge < -0.3 is 10.1 Å². The van der Waals surface area contributed by atoms with Gasteiger partial charge in [-0.05, 0) is 45.3 Å². The molecule has 0 spiro atoms. The Labute approximate surface area is 114 Å². The molecule has 2 heterocycles. The van der Waals surface area contributed by atoms with Gasteiger partial charge in [-0.1, -0.05) is 12.1 Å². The van der Waals surface area contributed by atoms with Crippen LogP contribution in [0.1, 0.15) is 11.1 Å². The van der Waals surface area contributed by atoms with Gasteiger partial charge in [-0.15, -0.1) is 0 Å². The highest BCUT2D eigenvalue weighted by Crippen LogP contribution is 2.26. The van der Waals surface area contributed by atoms with E-state index in [2.05, 4.69) is 38.4 Å². The van der Waals surface area contributed by atoms with E-state index in [9.17, 15) is 0 Å². The number of ether oxygens (including phenoxy) is 1. The summed E-state index contributed by atoms with van der Waals surface area (Å²) in [7, 11) is 0. The van der Waals surface area contributed by atoms with Crippen LogP contribution in [0.4, 0.5) is 5.82 Å². The monoisotopic (exact) mass is 304 g/mol. The highest BCUT2D eigenvalue weighted by Gasteiger charge is 2.11. The fraction of sp³-hybridized carbons (Fsp3) is 0.214. The average Bonchev–Trinajstić information content (AvgIpc) is 2.85. The van der Waals surface area contributed by atoms with E-state index in [0.717, 1.165) is 35.6 Å². The SMILES string of the molecule is Brc1ccc(NCc2ccc3c(c2)CCO3)nc1. The number of aromatic nitrogens is 1. The molecule has 2 aromatic rings. The van der Waals surface area contributed by atoms with Crippen LogP contribution in [0.5, 0.6) is 5.75 Å². The summed E-state index contributed by atoms with van der Waals surface area (Å²) in [4.78, 5) is 4.28.